The Kier molecular flexibility index (Phi) is 8.79. The number of aliphatic imine (C=N–C) groups is 1. The van der Waals surface area contributed by atoms with E-state index >= 15 is 0 Å². The lowest BCUT2D eigenvalue weighted by molar-refractivity contribution is 0.102. The van der Waals surface area contributed by atoms with Crippen LogP contribution in [0.3, 0.4) is 0 Å². The van der Waals surface area contributed by atoms with Gasteiger partial charge in [-0.2, -0.15) is 0 Å². The molecule has 0 unspecified atom stereocenters. The molecule has 1 amide bonds. The van der Waals surface area contributed by atoms with Crippen molar-refractivity contribution in [2.45, 2.75) is 46.6 Å². The van der Waals surface area contributed by atoms with Crippen LogP contribution in [0.25, 0.3) is 0 Å². The number of anilines is 1. The minimum absolute atomic E-state index is 0.0998. The first-order valence-corrected chi connectivity index (χ1v) is 15.4. The van der Waals surface area contributed by atoms with Crippen LogP contribution < -0.4 is 10.1 Å². The lowest BCUT2D eigenvalue weighted by Crippen LogP contribution is -2.27. The number of nitrogens with zero attached hydrogens (tertiary/aromatic N) is 1. The Hall–Kier alpha value is -2.93. The molecule has 1 heterocycles. The maximum absolute atomic E-state index is 13.6. The van der Waals surface area contributed by atoms with Crippen molar-refractivity contribution < 1.29 is 9.53 Å². The van der Waals surface area contributed by atoms with Crippen molar-refractivity contribution in [3.05, 3.63) is 109 Å². The topological polar surface area (TPSA) is 50.7 Å². The van der Waals surface area contributed by atoms with Gasteiger partial charge >= 0.3 is 0 Å². The van der Waals surface area contributed by atoms with Crippen LogP contribution in [0.2, 0.25) is 5.02 Å². The van der Waals surface area contributed by atoms with Crippen molar-refractivity contribution >= 4 is 61.7 Å². The Balaban J connectivity index is 1.38. The van der Waals surface area contributed by atoms with Crippen LogP contribution in [-0.4, -0.2) is 12.1 Å². The Morgan fingerprint density at radius 2 is 1.88 bits per heavy atom. The van der Waals surface area contributed by atoms with Crippen molar-refractivity contribution in [3.63, 3.8) is 0 Å². The Labute approximate surface area is 253 Å². The normalized spacial score (nSPS) is 15.2. The lowest BCUT2D eigenvalue weighted by Gasteiger charge is -2.33. The molecule has 4 nitrogen and oxygen atoms in total. The van der Waals surface area contributed by atoms with Crippen molar-refractivity contribution in [3.8, 4) is 5.75 Å². The second-order valence-electron chi connectivity index (χ2n) is 11.2. The third-order valence-electron chi connectivity index (χ3n) is 7.32. The average molecular weight is 636 g/mol. The number of thiophene rings is 1. The van der Waals surface area contributed by atoms with Gasteiger partial charge in [-0.3, -0.25) is 4.79 Å². The second kappa shape index (κ2) is 12.3. The largest absolute Gasteiger partial charge is 0.488 e. The molecule has 0 radical (unpaired) electrons. The van der Waals surface area contributed by atoms with E-state index in [1.165, 1.54) is 4.88 Å². The molecule has 0 bridgehead atoms. The number of rotatable bonds is 7. The van der Waals surface area contributed by atoms with E-state index in [2.05, 4.69) is 42.0 Å². The average Bonchev–Trinajstić information content (AvgIpc) is 3.30. The van der Waals surface area contributed by atoms with Gasteiger partial charge in [-0.05, 0) is 106 Å². The van der Waals surface area contributed by atoms with Crippen LogP contribution in [0.1, 0.15) is 59.1 Å². The Bertz CT molecular complexity index is 1520. The quantitative estimate of drug-likeness (QED) is 0.206. The highest BCUT2D eigenvalue weighted by Gasteiger charge is 2.33. The number of carbonyl (C=O) groups is 1. The van der Waals surface area contributed by atoms with Crippen LogP contribution in [0.15, 0.2) is 82.3 Å². The van der Waals surface area contributed by atoms with Crippen molar-refractivity contribution in [1.82, 2.24) is 0 Å². The van der Waals surface area contributed by atoms with Gasteiger partial charge in [-0.15, -0.1) is 11.3 Å². The molecule has 1 aliphatic carbocycles. The summed E-state index contributed by atoms with van der Waals surface area (Å²) < 4.78 is 6.83. The van der Waals surface area contributed by atoms with Gasteiger partial charge < -0.3 is 10.1 Å². The standard InChI is InChI=1S/C33H32BrClN2O2S/c1-33(2,3)23-12-15-26-29(18-23)40-32(30(26)31(38)37-25-7-5-4-6-8-25)36-19-22-11-16-28(27(34)17-22)39-20-21-9-13-24(35)14-10-21/h4-11,13-14,16-17,19,23H,12,15,18,20H2,1-3H3,(H,37,38)/t23-/m0/s1. The summed E-state index contributed by atoms with van der Waals surface area (Å²) >= 11 is 11.3. The van der Waals surface area contributed by atoms with Crippen LogP contribution in [0.4, 0.5) is 10.7 Å². The molecule has 0 saturated heterocycles. The Morgan fingerprint density at radius 3 is 2.58 bits per heavy atom. The number of nitrogens with one attached hydrogen (secondary N) is 1. The predicted octanol–water partition coefficient (Wildman–Crippen LogP) is 9.90. The fourth-order valence-electron chi connectivity index (χ4n) is 4.94. The summed E-state index contributed by atoms with van der Waals surface area (Å²) in [6.45, 7) is 7.36. The molecule has 5 rings (SSSR count). The third-order valence-corrected chi connectivity index (χ3v) is 9.36. The van der Waals surface area contributed by atoms with Gasteiger partial charge in [0.05, 0.1) is 10.0 Å². The van der Waals surface area contributed by atoms with E-state index in [1.807, 2.05) is 79.0 Å². The number of para-hydroxylation sites is 1. The SMILES string of the molecule is CC(C)(C)[C@H]1CCc2c(sc(N=Cc3ccc(OCc4ccc(Cl)cc4)c(Br)c3)c2C(=O)Nc2ccccc2)C1. The highest BCUT2D eigenvalue weighted by atomic mass is 79.9. The molecular weight excluding hydrogens is 604 g/mol. The monoisotopic (exact) mass is 634 g/mol. The van der Waals surface area contributed by atoms with Gasteiger partial charge in [0.1, 0.15) is 17.4 Å². The molecule has 3 aromatic carbocycles. The van der Waals surface area contributed by atoms with Gasteiger partial charge in [0.2, 0.25) is 0 Å². The van der Waals surface area contributed by atoms with E-state index in [1.54, 1.807) is 11.3 Å². The molecule has 206 valence electrons. The molecule has 1 atom stereocenters. The molecule has 4 aromatic rings. The number of hydrogen-bond acceptors (Lipinski definition) is 4. The van der Waals surface area contributed by atoms with Crippen molar-refractivity contribution in [2.24, 2.45) is 16.3 Å². The van der Waals surface area contributed by atoms with Crippen molar-refractivity contribution in [1.29, 1.82) is 0 Å². The molecular formula is C33H32BrClN2O2S. The number of ether oxygens (including phenoxy) is 1. The minimum atomic E-state index is -0.0998. The summed E-state index contributed by atoms with van der Waals surface area (Å²) in [5, 5.41) is 4.54. The van der Waals surface area contributed by atoms with Gasteiger partial charge in [0.15, 0.2) is 0 Å². The van der Waals surface area contributed by atoms with Crippen molar-refractivity contribution in [2.75, 3.05) is 5.32 Å². The lowest BCUT2D eigenvalue weighted by atomic mass is 9.72. The highest BCUT2D eigenvalue weighted by molar-refractivity contribution is 9.10. The molecule has 0 aliphatic heterocycles. The van der Waals surface area contributed by atoms with Gasteiger partial charge in [-0.1, -0.05) is 62.7 Å². The summed E-state index contributed by atoms with van der Waals surface area (Å²) in [5.41, 5.74) is 4.82. The summed E-state index contributed by atoms with van der Waals surface area (Å²) in [6, 6.07) is 23.1. The van der Waals surface area contributed by atoms with E-state index in [0.717, 1.165) is 56.9 Å². The van der Waals surface area contributed by atoms with Crippen LogP contribution in [0, 0.1) is 11.3 Å². The first-order chi connectivity index (χ1) is 19.2. The molecule has 1 aliphatic rings. The zero-order chi connectivity index (χ0) is 28.3. The van der Waals surface area contributed by atoms with E-state index in [0.29, 0.717) is 23.1 Å². The van der Waals surface area contributed by atoms with Gasteiger partial charge in [0, 0.05) is 21.8 Å². The van der Waals surface area contributed by atoms with E-state index < -0.39 is 0 Å². The summed E-state index contributed by atoms with van der Waals surface area (Å²) in [4.78, 5) is 19.7. The molecule has 1 N–H and O–H groups in total. The second-order valence-corrected chi connectivity index (χ2v) is 13.5. The fraction of sp³-hybridized carbons (Fsp3) is 0.273. The molecule has 0 fully saturated rings. The number of benzene rings is 3. The van der Waals surface area contributed by atoms with Gasteiger partial charge in [0.25, 0.3) is 5.91 Å². The number of carbonyl (C=O) groups excluding carboxylic acids is 1. The summed E-state index contributed by atoms with van der Waals surface area (Å²) in [5.74, 6) is 1.23. The maximum Gasteiger partial charge on any atom is 0.259 e. The molecule has 1 aromatic heterocycles. The zero-order valence-electron chi connectivity index (χ0n) is 22.8. The van der Waals surface area contributed by atoms with Crippen LogP contribution in [-0.2, 0) is 19.4 Å². The molecule has 0 saturated carbocycles. The first-order valence-electron chi connectivity index (χ1n) is 13.4. The summed E-state index contributed by atoms with van der Waals surface area (Å²) in [6.07, 6.45) is 4.78. The number of amides is 1. The minimum Gasteiger partial charge on any atom is -0.488 e. The zero-order valence-corrected chi connectivity index (χ0v) is 26.0. The molecule has 0 spiro atoms. The Morgan fingerprint density at radius 1 is 1.12 bits per heavy atom. The third kappa shape index (κ3) is 6.85. The fourth-order valence-corrected chi connectivity index (χ4v) is 6.85. The maximum atomic E-state index is 13.6. The van der Waals surface area contributed by atoms with Crippen LogP contribution >= 0.6 is 38.9 Å². The van der Waals surface area contributed by atoms with E-state index in [4.69, 9.17) is 21.3 Å². The van der Waals surface area contributed by atoms with E-state index in [9.17, 15) is 4.79 Å². The van der Waals surface area contributed by atoms with Crippen LogP contribution in [0.5, 0.6) is 5.75 Å². The molecule has 7 heteroatoms. The smallest absolute Gasteiger partial charge is 0.259 e. The van der Waals surface area contributed by atoms with E-state index in [-0.39, 0.29) is 11.3 Å². The predicted molar refractivity (Wildman–Crippen MR) is 171 cm³/mol. The summed E-state index contributed by atoms with van der Waals surface area (Å²) in [7, 11) is 0. The van der Waals surface area contributed by atoms with Gasteiger partial charge in [-0.25, -0.2) is 4.99 Å². The first kappa shape index (κ1) is 28.6. The molecule has 40 heavy (non-hydrogen) atoms. The highest BCUT2D eigenvalue weighted by Crippen LogP contribution is 2.45. The number of hydrogen-bond donors (Lipinski definition) is 1. The number of halogens is 2. The number of fused-ring (bicyclic) bond motifs is 1.